The third kappa shape index (κ3) is 3.47. The van der Waals surface area contributed by atoms with Gasteiger partial charge < -0.3 is 10.4 Å². The van der Waals surface area contributed by atoms with E-state index in [0.29, 0.717) is 12.8 Å². The van der Waals surface area contributed by atoms with Crippen molar-refractivity contribution >= 4 is 5.91 Å². The van der Waals surface area contributed by atoms with Crippen molar-refractivity contribution in [2.75, 3.05) is 0 Å². The van der Waals surface area contributed by atoms with E-state index in [4.69, 9.17) is 0 Å². The molecule has 1 heterocycles. The number of aromatic nitrogens is 1. The van der Waals surface area contributed by atoms with Gasteiger partial charge in [-0.1, -0.05) is 12.8 Å². The normalized spacial score (nSPS) is 23.4. The average Bonchev–Trinajstić information content (AvgIpc) is 2.40. The van der Waals surface area contributed by atoms with Gasteiger partial charge in [-0.2, -0.15) is 13.2 Å². The molecule has 110 valence electrons. The highest BCUT2D eigenvalue weighted by Crippen LogP contribution is 2.27. The number of hydrogen-bond donors (Lipinski definition) is 2. The molecule has 0 radical (unpaired) electrons. The second-order valence-corrected chi connectivity index (χ2v) is 4.86. The van der Waals surface area contributed by atoms with E-state index in [1.165, 1.54) is 0 Å². The lowest BCUT2D eigenvalue weighted by atomic mass is 9.92. The molecule has 0 bridgehead atoms. The lowest BCUT2D eigenvalue weighted by Crippen LogP contribution is -2.45. The predicted molar refractivity (Wildman–Crippen MR) is 65.0 cm³/mol. The minimum absolute atomic E-state index is 0.0516. The molecule has 20 heavy (non-hydrogen) atoms. The van der Waals surface area contributed by atoms with Gasteiger partial charge in [-0.25, -0.2) is 0 Å². The third-order valence-electron chi connectivity index (χ3n) is 3.36. The number of amides is 1. The molecule has 0 aromatic carbocycles. The van der Waals surface area contributed by atoms with Gasteiger partial charge in [0.1, 0.15) is 5.69 Å². The van der Waals surface area contributed by atoms with Gasteiger partial charge in [-0.3, -0.25) is 9.78 Å². The van der Waals surface area contributed by atoms with Gasteiger partial charge in [0, 0.05) is 6.20 Å². The second kappa shape index (κ2) is 5.78. The Labute approximate surface area is 114 Å². The quantitative estimate of drug-likeness (QED) is 0.876. The summed E-state index contributed by atoms with van der Waals surface area (Å²) in [6.45, 7) is 0. The summed E-state index contributed by atoms with van der Waals surface area (Å²) < 4.78 is 37.0. The maximum absolute atomic E-state index is 12.3. The summed E-state index contributed by atoms with van der Waals surface area (Å²) in [4.78, 5) is 15.1. The van der Waals surface area contributed by atoms with Gasteiger partial charge in [-0.05, 0) is 25.0 Å². The van der Waals surface area contributed by atoms with Crippen LogP contribution in [0.3, 0.4) is 0 Å². The minimum atomic E-state index is -4.52. The first-order valence-corrected chi connectivity index (χ1v) is 6.40. The number of hydrogen-bond acceptors (Lipinski definition) is 3. The van der Waals surface area contributed by atoms with Crippen molar-refractivity contribution in [1.29, 1.82) is 0 Å². The molecule has 1 aromatic heterocycles. The lowest BCUT2D eigenvalue weighted by Gasteiger charge is -2.28. The highest BCUT2D eigenvalue weighted by Gasteiger charge is 2.32. The molecule has 0 aliphatic heterocycles. The zero-order valence-corrected chi connectivity index (χ0v) is 10.7. The Hall–Kier alpha value is -1.63. The SMILES string of the molecule is O=C(N[C@H]1CCCC[C@@H]1O)c1ccc(C(F)(F)F)nc1. The maximum atomic E-state index is 12.3. The average molecular weight is 288 g/mol. The fourth-order valence-electron chi connectivity index (χ4n) is 2.23. The summed E-state index contributed by atoms with van der Waals surface area (Å²) in [6.07, 6.45) is -1.11. The number of nitrogens with zero attached hydrogens (tertiary/aromatic N) is 1. The number of carbonyl (C=O) groups excluding carboxylic acids is 1. The Morgan fingerprint density at radius 3 is 2.55 bits per heavy atom. The van der Waals surface area contributed by atoms with Crippen molar-refractivity contribution in [1.82, 2.24) is 10.3 Å². The van der Waals surface area contributed by atoms with E-state index in [1.807, 2.05) is 0 Å². The van der Waals surface area contributed by atoms with Gasteiger partial charge in [0.05, 0.1) is 17.7 Å². The third-order valence-corrected chi connectivity index (χ3v) is 3.36. The summed E-state index contributed by atoms with van der Waals surface area (Å²) in [6, 6.07) is 1.51. The lowest BCUT2D eigenvalue weighted by molar-refractivity contribution is -0.141. The maximum Gasteiger partial charge on any atom is 0.433 e. The van der Waals surface area contributed by atoms with E-state index >= 15 is 0 Å². The largest absolute Gasteiger partial charge is 0.433 e. The highest BCUT2D eigenvalue weighted by atomic mass is 19.4. The first kappa shape index (κ1) is 14.8. The molecule has 7 heteroatoms. The molecule has 1 aliphatic carbocycles. The number of pyridine rings is 1. The molecule has 1 aromatic rings. The van der Waals surface area contributed by atoms with Crippen LogP contribution in [0.25, 0.3) is 0 Å². The molecular weight excluding hydrogens is 273 g/mol. The van der Waals surface area contributed by atoms with Crippen molar-refractivity contribution in [3.8, 4) is 0 Å². The molecule has 1 saturated carbocycles. The van der Waals surface area contributed by atoms with Crippen molar-refractivity contribution in [3.63, 3.8) is 0 Å². The fraction of sp³-hybridized carbons (Fsp3) is 0.538. The topological polar surface area (TPSA) is 62.2 Å². The summed E-state index contributed by atoms with van der Waals surface area (Å²) in [7, 11) is 0. The van der Waals surface area contributed by atoms with E-state index in [9.17, 15) is 23.1 Å². The van der Waals surface area contributed by atoms with Crippen molar-refractivity contribution < 1.29 is 23.1 Å². The van der Waals surface area contributed by atoms with Crippen LogP contribution < -0.4 is 5.32 Å². The number of aliphatic hydroxyl groups excluding tert-OH is 1. The Bertz CT molecular complexity index is 473. The molecule has 1 fully saturated rings. The van der Waals surface area contributed by atoms with Gasteiger partial charge in [0.25, 0.3) is 5.91 Å². The van der Waals surface area contributed by atoms with Crippen LogP contribution in [0.1, 0.15) is 41.7 Å². The molecule has 0 saturated heterocycles. The van der Waals surface area contributed by atoms with Gasteiger partial charge in [0.2, 0.25) is 0 Å². The summed E-state index contributed by atoms with van der Waals surface area (Å²) in [5, 5.41) is 12.4. The zero-order valence-electron chi connectivity index (χ0n) is 10.7. The zero-order chi connectivity index (χ0) is 14.8. The van der Waals surface area contributed by atoms with Crippen LogP contribution in [0.4, 0.5) is 13.2 Å². The number of halogens is 3. The summed E-state index contributed by atoms with van der Waals surface area (Å²) in [5.41, 5.74) is -0.984. The van der Waals surface area contributed by atoms with Crippen LogP contribution >= 0.6 is 0 Å². The van der Waals surface area contributed by atoms with Gasteiger partial charge in [-0.15, -0.1) is 0 Å². The Morgan fingerprint density at radius 1 is 1.30 bits per heavy atom. The smallest absolute Gasteiger partial charge is 0.391 e. The molecule has 2 atom stereocenters. The highest BCUT2D eigenvalue weighted by molar-refractivity contribution is 5.94. The van der Waals surface area contributed by atoms with Crippen molar-refractivity contribution in [2.45, 2.75) is 44.0 Å². The van der Waals surface area contributed by atoms with Crippen LogP contribution in [-0.4, -0.2) is 28.1 Å². The minimum Gasteiger partial charge on any atom is -0.391 e. The van der Waals surface area contributed by atoms with E-state index in [-0.39, 0.29) is 11.6 Å². The van der Waals surface area contributed by atoms with Crippen molar-refractivity contribution in [3.05, 3.63) is 29.6 Å². The Morgan fingerprint density at radius 2 is 2.00 bits per heavy atom. The molecule has 2 rings (SSSR count). The molecular formula is C13H15F3N2O2. The second-order valence-electron chi connectivity index (χ2n) is 4.86. The Balaban J connectivity index is 2.02. The number of aliphatic hydroxyl groups is 1. The van der Waals surface area contributed by atoms with Crippen LogP contribution in [0.5, 0.6) is 0 Å². The molecule has 0 unspecified atom stereocenters. The number of carbonyl (C=O) groups is 1. The van der Waals surface area contributed by atoms with E-state index in [1.54, 1.807) is 0 Å². The van der Waals surface area contributed by atoms with Crippen LogP contribution in [-0.2, 0) is 6.18 Å². The monoisotopic (exact) mass is 288 g/mol. The Kier molecular flexibility index (Phi) is 4.27. The van der Waals surface area contributed by atoms with Gasteiger partial charge in [0.15, 0.2) is 0 Å². The molecule has 2 N–H and O–H groups in total. The number of nitrogens with one attached hydrogen (secondary N) is 1. The fourth-order valence-corrected chi connectivity index (χ4v) is 2.23. The summed E-state index contributed by atoms with van der Waals surface area (Å²) >= 11 is 0. The first-order chi connectivity index (χ1) is 9.38. The van der Waals surface area contributed by atoms with E-state index in [2.05, 4.69) is 10.3 Å². The van der Waals surface area contributed by atoms with E-state index < -0.39 is 23.9 Å². The molecule has 1 aliphatic rings. The van der Waals surface area contributed by atoms with Crippen LogP contribution in [0.15, 0.2) is 18.3 Å². The standard InChI is InChI=1S/C13H15F3N2O2/c14-13(15,16)11-6-5-8(7-17-11)12(20)18-9-3-1-2-4-10(9)19/h5-7,9-10,19H,1-4H2,(H,18,20)/t9-,10-/m0/s1. The molecule has 4 nitrogen and oxygen atoms in total. The first-order valence-electron chi connectivity index (χ1n) is 6.40. The van der Waals surface area contributed by atoms with Crippen LogP contribution in [0.2, 0.25) is 0 Å². The molecule has 1 amide bonds. The number of alkyl halides is 3. The summed E-state index contributed by atoms with van der Waals surface area (Å²) in [5.74, 6) is -0.517. The molecule has 0 spiro atoms. The van der Waals surface area contributed by atoms with Crippen molar-refractivity contribution in [2.24, 2.45) is 0 Å². The van der Waals surface area contributed by atoms with Gasteiger partial charge >= 0.3 is 6.18 Å². The number of rotatable bonds is 2. The van der Waals surface area contributed by atoms with Crippen LogP contribution in [0, 0.1) is 0 Å². The van der Waals surface area contributed by atoms with E-state index in [0.717, 1.165) is 31.2 Å². The predicted octanol–water partition coefficient (Wildman–Crippen LogP) is 2.13.